The van der Waals surface area contributed by atoms with Crippen LogP contribution in [0.5, 0.6) is 0 Å². The first-order valence-electron chi connectivity index (χ1n) is 9.52. The second-order valence-electron chi connectivity index (χ2n) is 7.58. The van der Waals surface area contributed by atoms with Gasteiger partial charge in [-0.15, -0.1) is 0 Å². The van der Waals surface area contributed by atoms with Gasteiger partial charge in [0.25, 0.3) is 0 Å². The number of carbonyl (C=O) groups excluding carboxylic acids is 1. The summed E-state index contributed by atoms with van der Waals surface area (Å²) in [6, 6.07) is 10.2. The van der Waals surface area contributed by atoms with Crippen LogP contribution in [0.15, 0.2) is 34.9 Å². The van der Waals surface area contributed by atoms with Gasteiger partial charge < -0.3 is 14.7 Å². The molecule has 6 heteroatoms. The van der Waals surface area contributed by atoms with Gasteiger partial charge in [0, 0.05) is 18.9 Å². The van der Waals surface area contributed by atoms with Crippen molar-refractivity contribution in [3.63, 3.8) is 0 Å². The summed E-state index contributed by atoms with van der Waals surface area (Å²) < 4.78 is 5.28. The van der Waals surface area contributed by atoms with Crippen molar-refractivity contribution in [3.05, 3.63) is 47.6 Å². The van der Waals surface area contributed by atoms with Crippen molar-refractivity contribution in [1.82, 2.24) is 20.4 Å². The monoisotopic (exact) mass is 354 g/mol. The maximum atomic E-state index is 13.1. The number of hydrogen-bond acceptors (Lipinski definition) is 5. The SMILES string of the molecule is CN1CCC(C(=O)NCCc2noc(C3CC3)n2)(c2ccccc2)CC1. The van der Waals surface area contributed by atoms with Gasteiger partial charge in [0.2, 0.25) is 11.8 Å². The fourth-order valence-electron chi connectivity index (χ4n) is 3.73. The van der Waals surface area contributed by atoms with Crippen LogP contribution in [0.4, 0.5) is 0 Å². The molecule has 1 amide bonds. The highest BCUT2D eigenvalue weighted by molar-refractivity contribution is 5.88. The maximum Gasteiger partial charge on any atom is 0.230 e. The third-order valence-electron chi connectivity index (χ3n) is 5.65. The number of piperidine rings is 1. The van der Waals surface area contributed by atoms with Gasteiger partial charge in [-0.3, -0.25) is 4.79 Å². The molecule has 2 fully saturated rings. The van der Waals surface area contributed by atoms with Crippen LogP contribution in [-0.2, 0) is 16.6 Å². The smallest absolute Gasteiger partial charge is 0.230 e. The van der Waals surface area contributed by atoms with Crippen LogP contribution in [0.3, 0.4) is 0 Å². The van der Waals surface area contributed by atoms with Gasteiger partial charge in [0.15, 0.2) is 5.82 Å². The fourth-order valence-corrected chi connectivity index (χ4v) is 3.73. The fraction of sp³-hybridized carbons (Fsp3) is 0.550. The van der Waals surface area contributed by atoms with Crippen LogP contribution >= 0.6 is 0 Å². The van der Waals surface area contributed by atoms with Crippen molar-refractivity contribution < 1.29 is 9.32 Å². The van der Waals surface area contributed by atoms with Crippen LogP contribution in [-0.4, -0.2) is 47.6 Å². The molecule has 1 aliphatic heterocycles. The van der Waals surface area contributed by atoms with Crippen molar-refractivity contribution in [2.45, 2.75) is 43.4 Å². The number of benzene rings is 1. The van der Waals surface area contributed by atoms with E-state index in [1.165, 1.54) is 0 Å². The van der Waals surface area contributed by atoms with E-state index in [2.05, 4.69) is 39.5 Å². The summed E-state index contributed by atoms with van der Waals surface area (Å²) in [6.07, 6.45) is 4.58. The highest BCUT2D eigenvalue weighted by atomic mass is 16.5. The van der Waals surface area contributed by atoms with Crippen LogP contribution in [0.25, 0.3) is 0 Å². The van der Waals surface area contributed by atoms with Gasteiger partial charge in [0.05, 0.1) is 5.41 Å². The Morgan fingerprint density at radius 3 is 2.69 bits per heavy atom. The molecule has 0 bridgehead atoms. The predicted molar refractivity (Wildman–Crippen MR) is 97.8 cm³/mol. The predicted octanol–water partition coefficient (Wildman–Crippen LogP) is 2.27. The molecular weight excluding hydrogens is 328 g/mol. The molecule has 1 aliphatic carbocycles. The molecule has 138 valence electrons. The molecule has 26 heavy (non-hydrogen) atoms. The Morgan fingerprint density at radius 1 is 1.27 bits per heavy atom. The number of hydrogen-bond donors (Lipinski definition) is 1. The van der Waals surface area contributed by atoms with Crippen molar-refractivity contribution in [3.8, 4) is 0 Å². The molecule has 0 radical (unpaired) electrons. The van der Waals surface area contributed by atoms with E-state index in [1.807, 2.05) is 18.2 Å². The Kier molecular flexibility index (Phi) is 4.76. The standard InChI is InChI=1S/C20H26N4O2/c1-24-13-10-20(11-14-24,16-5-3-2-4-6-16)19(25)21-12-9-17-22-18(26-23-17)15-7-8-15/h2-6,15H,7-14H2,1H3,(H,21,25). The summed E-state index contributed by atoms with van der Waals surface area (Å²) in [7, 11) is 2.11. The number of aromatic nitrogens is 2. The van der Waals surface area contributed by atoms with Gasteiger partial charge in [-0.05, 0) is 51.4 Å². The van der Waals surface area contributed by atoms with E-state index >= 15 is 0 Å². The number of nitrogens with zero attached hydrogens (tertiary/aromatic N) is 3. The van der Waals surface area contributed by atoms with Crippen molar-refractivity contribution in [2.75, 3.05) is 26.7 Å². The summed E-state index contributed by atoms with van der Waals surface area (Å²) >= 11 is 0. The molecule has 1 saturated heterocycles. The summed E-state index contributed by atoms with van der Waals surface area (Å²) in [6.45, 7) is 2.39. The van der Waals surface area contributed by atoms with Crippen molar-refractivity contribution in [2.24, 2.45) is 0 Å². The summed E-state index contributed by atoms with van der Waals surface area (Å²) in [5, 5.41) is 7.16. The first-order valence-corrected chi connectivity index (χ1v) is 9.52. The molecule has 0 spiro atoms. The third kappa shape index (κ3) is 3.51. The lowest BCUT2D eigenvalue weighted by molar-refractivity contribution is -0.128. The normalized spacial score (nSPS) is 20.0. The Morgan fingerprint density at radius 2 is 2.00 bits per heavy atom. The molecular formula is C20H26N4O2. The summed E-state index contributed by atoms with van der Waals surface area (Å²) in [5.41, 5.74) is 0.672. The molecule has 2 heterocycles. The van der Waals surface area contributed by atoms with Gasteiger partial charge in [-0.1, -0.05) is 35.5 Å². The lowest BCUT2D eigenvalue weighted by Crippen LogP contribution is -2.51. The van der Waals surface area contributed by atoms with Crippen molar-refractivity contribution in [1.29, 1.82) is 0 Å². The molecule has 0 unspecified atom stereocenters. The zero-order chi connectivity index (χ0) is 18.0. The number of carbonyl (C=O) groups is 1. The van der Waals surface area contributed by atoms with Gasteiger partial charge in [0.1, 0.15) is 0 Å². The average Bonchev–Trinajstić information content (AvgIpc) is 3.42. The molecule has 0 atom stereocenters. The number of nitrogens with one attached hydrogen (secondary N) is 1. The number of rotatable bonds is 6. The van der Waals surface area contributed by atoms with E-state index in [0.29, 0.717) is 24.7 Å². The Balaban J connectivity index is 1.41. The minimum absolute atomic E-state index is 0.114. The Hall–Kier alpha value is -2.21. The maximum absolute atomic E-state index is 13.1. The number of amides is 1. The first-order chi connectivity index (χ1) is 12.7. The minimum atomic E-state index is -0.440. The zero-order valence-corrected chi connectivity index (χ0v) is 15.3. The molecule has 1 aromatic heterocycles. The zero-order valence-electron chi connectivity index (χ0n) is 15.3. The van der Waals surface area contributed by atoms with Crippen LogP contribution < -0.4 is 5.32 Å². The average molecular weight is 354 g/mol. The van der Waals surface area contributed by atoms with Crippen molar-refractivity contribution >= 4 is 5.91 Å². The van der Waals surface area contributed by atoms with Crippen LogP contribution in [0.2, 0.25) is 0 Å². The Labute approximate surface area is 154 Å². The molecule has 1 aromatic carbocycles. The first kappa shape index (κ1) is 17.2. The second kappa shape index (κ2) is 7.19. The summed E-state index contributed by atoms with van der Waals surface area (Å²) in [4.78, 5) is 19.9. The Bertz CT molecular complexity index is 746. The molecule has 4 rings (SSSR count). The van der Waals surface area contributed by atoms with Gasteiger partial charge in [-0.25, -0.2) is 0 Å². The van der Waals surface area contributed by atoms with Crippen LogP contribution in [0.1, 0.15) is 48.9 Å². The largest absolute Gasteiger partial charge is 0.355 e. The topological polar surface area (TPSA) is 71.3 Å². The molecule has 1 saturated carbocycles. The van der Waals surface area contributed by atoms with Crippen LogP contribution in [0, 0.1) is 0 Å². The lowest BCUT2D eigenvalue weighted by atomic mass is 9.72. The van der Waals surface area contributed by atoms with E-state index in [-0.39, 0.29) is 5.91 Å². The van der Waals surface area contributed by atoms with Gasteiger partial charge >= 0.3 is 0 Å². The molecule has 2 aliphatic rings. The number of likely N-dealkylation sites (tertiary alicyclic amines) is 1. The molecule has 6 nitrogen and oxygen atoms in total. The minimum Gasteiger partial charge on any atom is -0.355 e. The quantitative estimate of drug-likeness (QED) is 0.862. The molecule has 1 N–H and O–H groups in total. The summed E-state index contributed by atoms with van der Waals surface area (Å²) in [5.74, 6) is 2.01. The third-order valence-corrected chi connectivity index (χ3v) is 5.65. The van der Waals surface area contributed by atoms with Gasteiger partial charge in [-0.2, -0.15) is 4.98 Å². The second-order valence-corrected chi connectivity index (χ2v) is 7.58. The lowest BCUT2D eigenvalue weighted by Gasteiger charge is -2.39. The van der Waals surface area contributed by atoms with E-state index in [1.54, 1.807) is 0 Å². The van der Waals surface area contributed by atoms with E-state index in [4.69, 9.17) is 4.52 Å². The van der Waals surface area contributed by atoms with E-state index in [9.17, 15) is 4.79 Å². The molecule has 2 aromatic rings. The van der Waals surface area contributed by atoms with E-state index < -0.39 is 5.41 Å². The highest BCUT2D eigenvalue weighted by Crippen LogP contribution is 2.39. The van der Waals surface area contributed by atoms with E-state index in [0.717, 1.165) is 50.2 Å². The highest BCUT2D eigenvalue weighted by Gasteiger charge is 2.42.